The van der Waals surface area contributed by atoms with E-state index in [0.29, 0.717) is 0 Å². The van der Waals surface area contributed by atoms with Crippen molar-refractivity contribution in [3.05, 3.63) is 42.0 Å². The number of halogens is 4. The van der Waals surface area contributed by atoms with Crippen molar-refractivity contribution in [3.63, 3.8) is 0 Å². The summed E-state index contributed by atoms with van der Waals surface area (Å²) in [4.78, 5) is 4.38. The number of hydrogen-bond donors (Lipinski definition) is 2. The summed E-state index contributed by atoms with van der Waals surface area (Å²) in [6.07, 6.45) is 2.04. The number of nitrogens with zero attached hydrogens (tertiary/aromatic N) is 1. The van der Waals surface area contributed by atoms with Crippen molar-refractivity contribution in [1.82, 2.24) is 10.6 Å². The number of rotatable bonds is 1. The summed E-state index contributed by atoms with van der Waals surface area (Å²) in [6.45, 7) is 1.69. The fourth-order valence-corrected chi connectivity index (χ4v) is 1.55. The minimum atomic E-state index is -6.00. The molecule has 0 fully saturated rings. The summed E-state index contributed by atoms with van der Waals surface area (Å²) in [6, 6.07) is 10.3. The lowest BCUT2D eigenvalue weighted by Gasteiger charge is -2.08. The average Bonchev–Trinajstić information content (AvgIpc) is 2.63. The second-order valence-electron chi connectivity index (χ2n) is 3.86. The van der Waals surface area contributed by atoms with Crippen LogP contribution in [0.3, 0.4) is 0 Å². The number of likely N-dealkylation sites (N-methyl/N-ethyl adjacent to an activating group) is 1. The second-order valence-corrected chi connectivity index (χ2v) is 3.86. The highest BCUT2D eigenvalue weighted by Gasteiger charge is 2.20. The van der Waals surface area contributed by atoms with Crippen molar-refractivity contribution >= 4 is 18.8 Å². The molecule has 2 rings (SSSR count). The van der Waals surface area contributed by atoms with Crippen molar-refractivity contribution in [2.45, 2.75) is 0 Å². The van der Waals surface area contributed by atoms with Gasteiger partial charge in [-0.15, -0.1) is 0 Å². The van der Waals surface area contributed by atoms with Crippen LogP contribution in [0.25, 0.3) is 5.70 Å². The van der Waals surface area contributed by atoms with Crippen molar-refractivity contribution < 1.29 is 17.3 Å². The minimum absolute atomic E-state index is 0.809. The first-order valence-corrected chi connectivity index (χ1v) is 6.00. The molecule has 1 aliphatic heterocycles. The average molecular weight is 288 g/mol. The van der Waals surface area contributed by atoms with E-state index in [2.05, 4.69) is 27.8 Å². The van der Waals surface area contributed by atoms with E-state index in [1.165, 1.54) is 5.56 Å². The molecule has 0 saturated heterocycles. The van der Waals surface area contributed by atoms with Gasteiger partial charge in [0.05, 0.1) is 6.54 Å². The first kappa shape index (κ1) is 16.1. The van der Waals surface area contributed by atoms with Gasteiger partial charge < -0.3 is 27.9 Å². The lowest BCUT2D eigenvalue weighted by Crippen LogP contribution is -2.16. The molecule has 8 heteroatoms. The van der Waals surface area contributed by atoms with Gasteiger partial charge in [0.2, 0.25) is 0 Å². The zero-order valence-electron chi connectivity index (χ0n) is 10.9. The summed E-state index contributed by atoms with van der Waals surface area (Å²) in [5, 5.41) is 6.45. The standard InChI is InChI=1S/C12H15N3.BF4/c1-13-12-9-11(14-7-8-15-12)10-5-3-2-4-6-10;2-1(3,4)5/h2-6,9,14H,7-8H2,1H3,(H,13,15);/q;-1. The van der Waals surface area contributed by atoms with Gasteiger partial charge in [-0.1, -0.05) is 30.3 Å². The van der Waals surface area contributed by atoms with Gasteiger partial charge in [0.15, 0.2) is 0 Å². The topological polar surface area (TPSA) is 36.4 Å². The summed E-state index contributed by atoms with van der Waals surface area (Å²) >= 11 is 0. The summed E-state index contributed by atoms with van der Waals surface area (Å²) in [7, 11) is -4.11. The van der Waals surface area contributed by atoms with E-state index in [1.54, 1.807) is 0 Å². The Balaban J connectivity index is 0.000000347. The van der Waals surface area contributed by atoms with E-state index in [4.69, 9.17) is 0 Å². The fourth-order valence-electron chi connectivity index (χ4n) is 1.55. The van der Waals surface area contributed by atoms with E-state index in [-0.39, 0.29) is 0 Å². The zero-order chi connectivity index (χ0) is 15.0. The molecule has 1 aromatic carbocycles. The first-order chi connectivity index (χ1) is 9.40. The summed E-state index contributed by atoms with van der Waals surface area (Å²) in [5.74, 6) is 0.929. The minimum Gasteiger partial charge on any atom is -0.418 e. The van der Waals surface area contributed by atoms with Crippen molar-refractivity contribution in [2.75, 3.05) is 20.1 Å². The van der Waals surface area contributed by atoms with Crippen LogP contribution in [0.1, 0.15) is 5.56 Å². The van der Waals surface area contributed by atoms with Gasteiger partial charge in [-0.05, 0) is 5.56 Å². The van der Waals surface area contributed by atoms with E-state index < -0.39 is 7.25 Å². The normalized spacial score (nSPS) is 14.8. The third-order valence-electron chi connectivity index (χ3n) is 2.33. The molecule has 3 nitrogen and oxygen atoms in total. The molecule has 0 saturated carbocycles. The van der Waals surface area contributed by atoms with Crippen LogP contribution in [0.15, 0.2) is 41.4 Å². The molecule has 2 N–H and O–H groups in total. The predicted molar refractivity (Wildman–Crippen MR) is 74.0 cm³/mol. The molecule has 0 atom stereocenters. The van der Waals surface area contributed by atoms with Gasteiger partial charge in [0, 0.05) is 25.4 Å². The van der Waals surface area contributed by atoms with Crippen LogP contribution >= 0.6 is 0 Å². The largest absolute Gasteiger partial charge is 0.673 e. The van der Waals surface area contributed by atoms with Gasteiger partial charge in [-0.25, -0.2) is 0 Å². The molecule has 0 aliphatic carbocycles. The van der Waals surface area contributed by atoms with Gasteiger partial charge in [0.25, 0.3) is 0 Å². The molecule has 1 aliphatic rings. The molecule has 110 valence electrons. The molecule has 1 aromatic rings. The Hall–Kier alpha value is -1.99. The Labute approximate surface area is 114 Å². The Morgan fingerprint density at radius 3 is 2.30 bits per heavy atom. The maximum Gasteiger partial charge on any atom is 0.673 e. The number of hydrogen-bond acceptors (Lipinski definition) is 3. The quantitative estimate of drug-likeness (QED) is 0.615. The number of nitrogens with one attached hydrogen (secondary N) is 2. The molecule has 0 amide bonds. The highest BCUT2D eigenvalue weighted by atomic mass is 19.5. The molecular formula is C12H15BF4N3-. The van der Waals surface area contributed by atoms with Crippen LogP contribution in [0.2, 0.25) is 0 Å². The van der Waals surface area contributed by atoms with Gasteiger partial charge in [0.1, 0.15) is 5.84 Å². The number of amidine groups is 1. The lowest BCUT2D eigenvalue weighted by atomic mass is 10.1. The van der Waals surface area contributed by atoms with E-state index in [0.717, 1.165) is 24.6 Å². The Bertz CT molecular complexity index is 465. The monoisotopic (exact) mass is 288 g/mol. The van der Waals surface area contributed by atoms with Gasteiger partial charge in [-0.2, -0.15) is 0 Å². The molecule has 0 spiro atoms. The predicted octanol–water partition coefficient (Wildman–Crippen LogP) is 2.55. The maximum absolute atomic E-state index is 9.75. The van der Waals surface area contributed by atoms with E-state index in [1.807, 2.05) is 31.3 Å². The molecule has 0 aromatic heterocycles. The first-order valence-electron chi connectivity index (χ1n) is 6.00. The Morgan fingerprint density at radius 2 is 1.75 bits per heavy atom. The molecule has 0 bridgehead atoms. The van der Waals surface area contributed by atoms with Crippen LogP contribution in [0.4, 0.5) is 17.3 Å². The molecular weight excluding hydrogens is 273 g/mol. The van der Waals surface area contributed by atoms with Crippen LogP contribution in [0.5, 0.6) is 0 Å². The maximum atomic E-state index is 9.75. The molecule has 20 heavy (non-hydrogen) atoms. The third kappa shape index (κ3) is 6.82. The smallest absolute Gasteiger partial charge is 0.418 e. The van der Waals surface area contributed by atoms with Gasteiger partial charge in [-0.3, -0.25) is 4.99 Å². The van der Waals surface area contributed by atoms with Crippen molar-refractivity contribution in [3.8, 4) is 0 Å². The highest BCUT2D eigenvalue weighted by molar-refractivity contribution is 6.50. The lowest BCUT2D eigenvalue weighted by molar-refractivity contribution is 0.368. The van der Waals surface area contributed by atoms with Crippen LogP contribution < -0.4 is 10.6 Å². The summed E-state index contributed by atoms with van der Waals surface area (Å²) < 4.78 is 39.0. The van der Waals surface area contributed by atoms with E-state index >= 15 is 0 Å². The van der Waals surface area contributed by atoms with Crippen LogP contribution in [-0.4, -0.2) is 33.2 Å². The third-order valence-corrected chi connectivity index (χ3v) is 2.33. The fraction of sp³-hybridized carbons (Fsp3) is 0.250. The SMILES string of the molecule is CNC1=NCCNC(c2ccccc2)=C1.F[B-](F)(F)F. The molecule has 0 unspecified atom stereocenters. The second kappa shape index (κ2) is 7.57. The Kier molecular flexibility index (Phi) is 6.08. The highest BCUT2D eigenvalue weighted by Crippen LogP contribution is 2.11. The van der Waals surface area contributed by atoms with Crippen molar-refractivity contribution in [1.29, 1.82) is 0 Å². The zero-order valence-corrected chi connectivity index (χ0v) is 10.9. The molecule has 1 heterocycles. The van der Waals surface area contributed by atoms with Crippen LogP contribution in [0, 0.1) is 0 Å². The van der Waals surface area contributed by atoms with Gasteiger partial charge >= 0.3 is 7.25 Å². The van der Waals surface area contributed by atoms with Crippen LogP contribution in [-0.2, 0) is 0 Å². The van der Waals surface area contributed by atoms with E-state index in [9.17, 15) is 17.3 Å². The number of aliphatic imine (C=N–C) groups is 1. The Morgan fingerprint density at radius 1 is 1.15 bits per heavy atom. The summed E-state index contributed by atoms with van der Waals surface area (Å²) in [5.41, 5.74) is 2.32. The van der Waals surface area contributed by atoms with Crippen molar-refractivity contribution in [2.24, 2.45) is 4.99 Å². The molecule has 0 radical (unpaired) electrons. The number of benzene rings is 1.